The number of ether oxygens (including phenoxy) is 1. The van der Waals surface area contributed by atoms with Crippen LogP contribution in [0.4, 0.5) is 0 Å². The molecule has 0 spiro atoms. The minimum atomic E-state index is -0.0783. The van der Waals surface area contributed by atoms with Crippen LogP contribution < -0.4 is 0 Å². The lowest BCUT2D eigenvalue weighted by Gasteiger charge is -2.28. The van der Waals surface area contributed by atoms with E-state index in [0.29, 0.717) is 12.6 Å². The van der Waals surface area contributed by atoms with Crippen molar-refractivity contribution in [3.05, 3.63) is 35.9 Å². The van der Waals surface area contributed by atoms with Crippen LogP contribution in [0.15, 0.2) is 30.3 Å². The molecule has 0 fully saturated rings. The molecule has 3 heteroatoms. The molecule has 0 saturated heterocycles. The molecule has 1 aromatic rings. The van der Waals surface area contributed by atoms with Crippen molar-refractivity contribution in [2.45, 2.75) is 25.8 Å². The SMILES string of the molecule is COCCN(CC(C#N)c1ccccc1)C(C)C. The second-order valence-corrected chi connectivity index (χ2v) is 4.67. The summed E-state index contributed by atoms with van der Waals surface area (Å²) in [5.41, 5.74) is 1.09. The Morgan fingerprint density at radius 1 is 1.28 bits per heavy atom. The quantitative estimate of drug-likeness (QED) is 0.742. The van der Waals surface area contributed by atoms with Crippen molar-refractivity contribution in [2.75, 3.05) is 26.8 Å². The van der Waals surface area contributed by atoms with E-state index >= 15 is 0 Å². The highest BCUT2D eigenvalue weighted by Crippen LogP contribution is 2.17. The second kappa shape index (κ2) is 7.86. The van der Waals surface area contributed by atoms with Crippen LogP contribution in [0.25, 0.3) is 0 Å². The number of benzene rings is 1. The third-order valence-corrected chi connectivity index (χ3v) is 3.09. The Morgan fingerprint density at radius 2 is 1.94 bits per heavy atom. The molecule has 0 aliphatic carbocycles. The molecular weight excluding hydrogens is 224 g/mol. The van der Waals surface area contributed by atoms with Gasteiger partial charge in [0, 0.05) is 26.2 Å². The van der Waals surface area contributed by atoms with E-state index in [-0.39, 0.29) is 5.92 Å². The van der Waals surface area contributed by atoms with Crippen molar-refractivity contribution in [1.29, 1.82) is 5.26 Å². The molecule has 1 unspecified atom stereocenters. The summed E-state index contributed by atoms with van der Waals surface area (Å²) in [6, 6.07) is 12.8. The summed E-state index contributed by atoms with van der Waals surface area (Å²) in [7, 11) is 1.71. The van der Waals surface area contributed by atoms with E-state index in [0.717, 1.165) is 18.7 Å². The van der Waals surface area contributed by atoms with Crippen molar-refractivity contribution in [3.63, 3.8) is 0 Å². The van der Waals surface area contributed by atoms with Crippen LogP contribution in [0, 0.1) is 11.3 Å². The minimum Gasteiger partial charge on any atom is -0.383 e. The average molecular weight is 246 g/mol. The molecule has 1 rings (SSSR count). The summed E-state index contributed by atoms with van der Waals surface area (Å²) in [5, 5.41) is 9.33. The largest absolute Gasteiger partial charge is 0.383 e. The molecule has 0 aliphatic heterocycles. The van der Waals surface area contributed by atoms with Crippen molar-refractivity contribution in [1.82, 2.24) is 4.90 Å². The van der Waals surface area contributed by atoms with Gasteiger partial charge in [-0.25, -0.2) is 0 Å². The van der Waals surface area contributed by atoms with E-state index in [4.69, 9.17) is 4.74 Å². The number of nitriles is 1. The number of methoxy groups -OCH3 is 1. The molecular formula is C15H22N2O. The Labute approximate surface area is 110 Å². The molecule has 0 heterocycles. The van der Waals surface area contributed by atoms with Gasteiger partial charge < -0.3 is 4.74 Å². The van der Waals surface area contributed by atoms with E-state index in [9.17, 15) is 5.26 Å². The van der Waals surface area contributed by atoms with Gasteiger partial charge in [-0.3, -0.25) is 4.90 Å². The molecule has 0 aromatic heterocycles. The van der Waals surface area contributed by atoms with E-state index in [1.807, 2.05) is 30.3 Å². The topological polar surface area (TPSA) is 36.3 Å². The molecule has 0 radical (unpaired) electrons. The Kier molecular flexibility index (Phi) is 6.42. The molecule has 0 amide bonds. The monoisotopic (exact) mass is 246 g/mol. The summed E-state index contributed by atoms with van der Waals surface area (Å²) < 4.78 is 5.12. The highest BCUT2D eigenvalue weighted by Gasteiger charge is 2.17. The maximum Gasteiger partial charge on any atom is 0.0839 e. The summed E-state index contributed by atoms with van der Waals surface area (Å²) in [5.74, 6) is -0.0783. The Bertz CT molecular complexity index is 370. The van der Waals surface area contributed by atoms with Crippen molar-refractivity contribution >= 4 is 0 Å². The fourth-order valence-electron chi connectivity index (χ4n) is 1.91. The van der Waals surface area contributed by atoms with Crippen LogP contribution in [-0.2, 0) is 4.74 Å². The number of rotatable bonds is 7. The van der Waals surface area contributed by atoms with Gasteiger partial charge in [0.2, 0.25) is 0 Å². The Hall–Kier alpha value is -1.37. The third kappa shape index (κ3) is 4.48. The highest BCUT2D eigenvalue weighted by molar-refractivity contribution is 5.25. The normalized spacial score (nSPS) is 12.7. The maximum atomic E-state index is 9.33. The molecule has 98 valence electrons. The van der Waals surface area contributed by atoms with Gasteiger partial charge in [0.05, 0.1) is 18.6 Å². The number of nitrogens with zero attached hydrogens (tertiary/aromatic N) is 2. The first-order valence-electron chi connectivity index (χ1n) is 6.36. The Balaban J connectivity index is 2.69. The van der Waals surface area contributed by atoms with Crippen LogP contribution in [-0.4, -0.2) is 37.7 Å². The zero-order chi connectivity index (χ0) is 13.4. The molecule has 18 heavy (non-hydrogen) atoms. The minimum absolute atomic E-state index is 0.0783. The molecule has 0 N–H and O–H groups in total. The van der Waals surface area contributed by atoms with Gasteiger partial charge in [-0.15, -0.1) is 0 Å². The Morgan fingerprint density at radius 3 is 2.44 bits per heavy atom. The smallest absolute Gasteiger partial charge is 0.0839 e. The van der Waals surface area contributed by atoms with Gasteiger partial charge in [-0.05, 0) is 19.4 Å². The number of hydrogen-bond acceptors (Lipinski definition) is 3. The second-order valence-electron chi connectivity index (χ2n) is 4.67. The maximum absolute atomic E-state index is 9.33. The van der Waals surface area contributed by atoms with Gasteiger partial charge >= 0.3 is 0 Å². The highest BCUT2D eigenvalue weighted by atomic mass is 16.5. The van der Waals surface area contributed by atoms with E-state index in [1.54, 1.807) is 7.11 Å². The van der Waals surface area contributed by atoms with Crippen LogP contribution in [0.3, 0.4) is 0 Å². The summed E-state index contributed by atoms with van der Waals surface area (Å²) in [6.07, 6.45) is 0. The fraction of sp³-hybridized carbons (Fsp3) is 0.533. The summed E-state index contributed by atoms with van der Waals surface area (Å²) in [6.45, 7) is 6.61. The van der Waals surface area contributed by atoms with Crippen LogP contribution in [0.1, 0.15) is 25.3 Å². The summed E-state index contributed by atoms with van der Waals surface area (Å²) >= 11 is 0. The predicted octanol–water partition coefficient (Wildman–Crippen LogP) is 2.65. The van der Waals surface area contributed by atoms with Crippen molar-refractivity contribution in [2.24, 2.45) is 0 Å². The average Bonchev–Trinajstić information content (AvgIpc) is 2.39. The zero-order valence-corrected chi connectivity index (χ0v) is 11.5. The predicted molar refractivity (Wildman–Crippen MR) is 73.4 cm³/mol. The lowest BCUT2D eigenvalue weighted by molar-refractivity contribution is 0.128. The number of hydrogen-bond donors (Lipinski definition) is 0. The molecule has 0 bridgehead atoms. The van der Waals surface area contributed by atoms with Crippen molar-refractivity contribution < 1.29 is 4.74 Å². The van der Waals surface area contributed by atoms with E-state index in [1.165, 1.54) is 0 Å². The van der Waals surface area contributed by atoms with Gasteiger partial charge in [0.15, 0.2) is 0 Å². The van der Waals surface area contributed by atoms with Gasteiger partial charge in [-0.1, -0.05) is 30.3 Å². The van der Waals surface area contributed by atoms with E-state index < -0.39 is 0 Å². The fourth-order valence-corrected chi connectivity index (χ4v) is 1.91. The molecule has 1 aromatic carbocycles. The lowest BCUT2D eigenvalue weighted by Crippen LogP contribution is -2.36. The first kappa shape index (κ1) is 14.7. The van der Waals surface area contributed by atoms with Gasteiger partial charge in [0.25, 0.3) is 0 Å². The van der Waals surface area contributed by atoms with E-state index in [2.05, 4.69) is 24.8 Å². The van der Waals surface area contributed by atoms with Crippen molar-refractivity contribution in [3.8, 4) is 6.07 Å². The van der Waals surface area contributed by atoms with Gasteiger partial charge in [-0.2, -0.15) is 5.26 Å². The molecule has 1 atom stereocenters. The molecule has 0 saturated carbocycles. The summed E-state index contributed by atoms with van der Waals surface area (Å²) in [4.78, 5) is 2.28. The molecule has 0 aliphatic rings. The molecule has 3 nitrogen and oxygen atoms in total. The van der Waals surface area contributed by atoms with Crippen LogP contribution in [0.5, 0.6) is 0 Å². The van der Waals surface area contributed by atoms with Crippen LogP contribution >= 0.6 is 0 Å². The first-order valence-corrected chi connectivity index (χ1v) is 6.36. The first-order chi connectivity index (χ1) is 8.69. The lowest BCUT2D eigenvalue weighted by atomic mass is 9.99. The standard InChI is InChI=1S/C15H22N2O/c1-13(2)17(9-10-18-3)12-15(11-16)14-7-5-4-6-8-14/h4-8,13,15H,9-10,12H2,1-3H3. The van der Waals surface area contributed by atoms with Crippen LogP contribution in [0.2, 0.25) is 0 Å². The zero-order valence-electron chi connectivity index (χ0n) is 11.5. The van der Waals surface area contributed by atoms with Gasteiger partial charge in [0.1, 0.15) is 0 Å². The third-order valence-electron chi connectivity index (χ3n) is 3.09.